The molecule has 0 aromatic heterocycles. The Morgan fingerprint density at radius 2 is 1.76 bits per heavy atom. The number of hydrogen-bond donors (Lipinski definition) is 1. The van der Waals surface area contributed by atoms with Gasteiger partial charge < -0.3 is 15.0 Å². The maximum Gasteiger partial charge on any atom is 0.244 e. The second-order valence-electron chi connectivity index (χ2n) is 8.07. The van der Waals surface area contributed by atoms with Crippen LogP contribution in [0.5, 0.6) is 5.75 Å². The third-order valence-electron chi connectivity index (χ3n) is 4.97. The van der Waals surface area contributed by atoms with Crippen LogP contribution in [0.3, 0.4) is 0 Å². The molecule has 1 atom stereocenters. The maximum absolute atomic E-state index is 13.5. The molecule has 0 unspecified atom stereocenters. The Morgan fingerprint density at radius 1 is 1.09 bits per heavy atom. The number of rotatable bonds is 10. The summed E-state index contributed by atoms with van der Waals surface area (Å²) in [6, 6.07) is 10.2. The number of benzene rings is 2. The van der Waals surface area contributed by atoms with Gasteiger partial charge >= 0.3 is 0 Å². The quantitative estimate of drug-likeness (QED) is 0.506. The van der Waals surface area contributed by atoms with E-state index in [4.69, 9.17) is 27.9 Å². The molecule has 34 heavy (non-hydrogen) atoms. The molecule has 0 heterocycles. The first-order valence-electron chi connectivity index (χ1n) is 10.5. The molecule has 0 bridgehead atoms. The molecule has 0 aliphatic heterocycles. The van der Waals surface area contributed by atoms with Crippen molar-refractivity contribution in [1.82, 2.24) is 10.2 Å². The van der Waals surface area contributed by atoms with Crippen molar-refractivity contribution in [1.29, 1.82) is 0 Å². The number of anilines is 1. The molecule has 0 radical (unpaired) electrons. The van der Waals surface area contributed by atoms with E-state index in [1.54, 1.807) is 57.2 Å². The highest BCUT2D eigenvalue weighted by atomic mass is 35.5. The average molecular weight is 530 g/mol. The molecule has 2 rings (SSSR count). The lowest BCUT2D eigenvalue weighted by Crippen LogP contribution is -2.52. The molecular weight excluding hydrogens is 501 g/mol. The lowest BCUT2D eigenvalue weighted by molar-refractivity contribution is -0.139. The third-order valence-corrected chi connectivity index (χ3v) is 6.70. The number of nitrogens with zero attached hydrogens (tertiary/aromatic N) is 2. The summed E-state index contributed by atoms with van der Waals surface area (Å²) < 4.78 is 31.3. The average Bonchev–Trinajstić information content (AvgIpc) is 2.75. The molecule has 186 valence electrons. The first-order valence-corrected chi connectivity index (χ1v) is 13.1. The van der Waals surface area contributed by atoms with Crippen LogP contribution in [-0.2, 0) is 26.2 Å². The van der Waals surface area contributed by atoms with Gasteiger partial charge in [-0.3, -0.25) is 13.9 Å². The second kappa shape index (κ2) is 11.8. The van der Waals surface area contributed by atoms with Gasteiger partial charge in [0.1, 0.15) is 18.3 Å². The van der Waals surface area contributed by atoms with Crippen molar-refractivity contribution in [2.24, 2.45) is 0 Å². The standard InChI is InChI=1S/C23H29Cl2N3O5S/c1-15(2)26-23(30)16(3)27(13-17-9-10-18(24)11-21(17)25)22(29)14-28(34(5,31)32)19-7-6-8-20(12-19)33-4/h6-12,15-16H,13-14H2,1-5H3,(H,26,30)/t16-/m0/s1. The number of nitrogens with one attached hydrogen (secondary N) is 1. The Bertz CT molecular complexity index is 1140. The number of carbonyl (C=O) groups excluding carboxylic acids is 2. The topological polar surface area (TPSA) is 96.0 Å². The van der Waals surface area contributed by atoms with E-state index in [1.807, 2.05) is 0 Å². The molecule has 1 N–H and O–H groups in total. The fraction of sp³-hybridized carbons (Fsp3) is 0.391. The van der Waals surface area contributed by atoms with Gasteiger partial charge in [0.15, 0.2) is 0 Å². The summed E-state index contributed by atoms with van der Waals surface area (Å²) in [5.74, 6) is -0.514. The van der Waals surface area contributed by atoms with Crippen LogP contribution in [-0.4, -0.2) is 57.1 Å². The Kier molecular flexibility index (Phi) is 9.61. The van der Waals surface area contributed by atoms with Gasteiger partial charge in [-0.15, -0.1) is 0 Å². The zero-order valence-corrected chi connectivity index (χ0v) is 22.0. The normalized spacial score (nSPS) is 12.2. The van der Waals surface area contributed by atoms with Gasteiger partial charge in [-0.1, -0.05) is 35.3 Å². The van der Waals surface area contributed by atoms with E-state index in [2.05, 4.69) is 5.32 Å². The number of halogens is 2. The van der Waals surface area contributed by atoms with Crippen LogP contribution >= 0.6 is 23.2 Å². The van der Waals surface area contributed by atoms with E-state index in [0.29, 0.717) is 21.4 Å². The molecule has 2 aromatic rings. The molecule has 0 aliphatic rings. The highest BCUT2D eigenvalue weighted by Crippen LogP contribution is 2.25. The molecule has 2 aromatic carbocycles. The van der Waals surface area contributed by atoms with Gasteiger partial charge in [0.05, 0.1) is 19.1 Å². The summed E-state index contributed by atoms with van der Waals surface area (Å²) >= 11 is 12.3. The minimum atomic E-state index is -3.84. The number of sulfonamides is 1. The Hall–Kier alpha value is -2.49. The van der Waals surface area contributed by atoms with Crippen molar-refractivity contribution in [2.45, 2.75) is 39.4 Å². The Balaban J connectivity index is 2.44. The van der Waals surface area contributed by atoms with Crippen LogP contribution in [0.4, 0.5) is 5.69 Å². The zero-order chi connectivity index (χ0) is 25.6. The van der Waals surface area contributed by atoms with Gasteiger partial charge in [0.25, 0.3) is 0 Å². The van der Waals surface area contributed by atoms with Crippen molar-refractivity contribution in [2.75, 3.05) is 24.2 Å². The first kappa shape index (κ1) is 27.8. The molecule has 0 saturated heterocycles. The number of hydrogen-bond acceptors (Lipinski definition) is 5. The van der Waals surface area contributed by atoms with Crippen molar-refractivity contribution in [3.05, 3.63) is 58.1 Å². The smallest absolute Gasteiger partial charge is 0.244 e. The second-order valence-corrected chi connectivity index (χ2v) is 10.8. The van der Waals surface area contributed by atoms with Gasteiger partial charge in [0, 0.05) is 28.7 Å². The van der Waals surface area contributed by atoms with Gasteiger partial charge in [-0.2, -0.15) is 0 Å². The minimum Gasteiger partial charge on any atom is -0.497 e. The summed E-state index contributed by atoms with van der Waals surface area (Å²) in [4.78, 5) is 27.5. The predicted molar refractivity (Wildman–Crippen MR) is 135 cm³/mol. The van der Waals surface area contributed by atoms with E-state index < -0.39 is 28.5 Å². The van der Waals surface area contributed by atoms with E-state index in [9.17, 15) is 18.0 Å². The number of carbonyl (C=O) groups is 2. The van der Waals surface area contributed by atoms with Gasteiger partial charge in [0.2, 0.25) is 21.8 Å². The van der Waals surface area contributed by atoms with Crippen molar-refractivity contribution in [3.63, 3.8) is 0 Å². The lowest BCUT2D eigenvalue weighted by atomic mass is 10.1. The summed E-state index contributed by atoms with van der Waals surface area (Å²) in [5, 5.41) is 3.54. The first-order chi connectivity index (χ1) is 15.8. The fourth-order valence-electron chi connectivity index (χ4n) is 3.20. The highest BCUT2D eigenvalue weighted by Gasteiger charge is 2.30. The van der Waals surface area contributed by atoms with E-state index in [-0.39, 0.29) is 24.2 Å². The maximum atomic E-state index is 13.5. The SMILES string of the molecule is COc1cccc(N(CC(=O)N(Cc2ccc(Cl)cc2Cl)[C@@H](C)C(=O)NC(C)C)S(C)(=O)=O)c1. The molecule has 0 spiro atoms. The Morgan fingerprint density at radius 3 is 2.32 bits per heavy atom. The van der Waals surface area contributed by atoms with Crippen LogP contribution in [0.2, 0.25) is 10.0 Å². The summed E-state index contributed by atoms with van der Waals surface area (Å²) in [6.07, 6.45) is 1.01. The summed E-state index contributed by atoms with van der Waals surface area (Å²) in [5.41, 5.74) is 0.829. The van der Waals surface area contributed by atoms with Crippen LogP contribution in [0.1, 0.15) is 26.3 Å². The molecule has 0 aliphatic carbocycles. The minimum absolute atomic E-state index is 0.0166. The van der Waals surface area contributed by atoms with Crippen molar-refractivity contribution in [3.8, 4) is 5.75 Å². The fourth-order valence-corrected chi connectivity index (χ4v) is 4.51. The Labute approximate surface area is 210 Å². The summed E-state index contributed by atoms with van der Waals surface area (Å²) in [7, 11) is -2.38. The lowest BCUT2D eigenvalue weighted by Gasteiger charge is -2.32. The zero-order valence-electron chi connectivity index (χ0n) is 19.7. The van der Waals surface area contributed by atoms with E-state index in [0.717, 1.165) is 10.6 Å². The van der Waals surface area contributed by atoms with E-state index >= 15 is 0 Å². The van der Waals surface area contributed by atoms with Crippen LogP contribution < -0.4 is 14.4 Å². The van der Waals surface area contributed by atoms with Crippen LogP contribution in [0, 0.1) is 0 Å². The molecule has 8 nitrogen and oxygen atoms in total. The van der Waals surface area contributed by atoms with Crippen molar-refractivity contribution < 1.29 is 22.7 Å². The summed E-state index contributed by atoms with van der Waals surface area (Å²) in [6.45, 7) is 4.66. The molecule has 0 saturated carbocycles. The van der Waals surface area contributed by atoms with Crippen LogP contribution in [0.15, 0.2) is 42.5 Å². The number of ether oxygens (including phenoxy) is 1. The van der Waals surface area contributed by atoms with E-state index in [1.165, 1.54) is 18.1 Å². The highest BCUT2D eigenvalue weighted by molar-refractivity contribution is 7.92. The predicted octanol–water partition coefficient (Wildman–Crippen LogP) is 3.71. The number of amides is 2. The molecular formula is C23H29Cl2N3O5S. The van der Waals surface area contributed by atoms with Gasteiger partial charge in [-0.25, -0.2) is 8.42 Å². The molecule has 11 heteroatoms. The molecule has 0 fully saturated rings. The van der Waals surface area contributed by atoms with Crippen LogP contribution in [0.25, 0.3) is 0 Å². The molecule has 2 amide bonds. The number of methoxy groups -OCH3 is 1. The largest absolute Gasteiger partial charge is 0.497 e. The third kappa shape index (κ3) is 7.51. The van der Waals surface area contributed by atoms with Gasteiger partial charge in [-0.05, 0) is 50.6 Å². The van der Waals surface area contributed by atoms with Crippen molar-refractivity contribution >= 4 is 50.7 Å². The monoisotopic (exact) mass is 529 g/mol.